The van der Waals surface area contributed by atoms with Crippen molar-refractivity contribution in [2.24, 2.45) is 0 Å². The zero-order chi connectivity index (χ0) is 10.3. The van der Waals surface area contributed by atoms with Crippen LogP contribution in [0, 0.1) is 0 Å². The summed E-state index contributed by atoms with van der Waals surface area (Å²) in [5.74, 6) is 0. The Kier molecular flexibility index (Phi) is 7.09. The van der Waals surface area contributed by atoms with Crippen LogP contribution in [0.4, 0.5) is 8.78 Å². The standard InChI is InChI=1S/C7H13F2NO.C2H6/c1-10-3-2-4-11-6(5-10)7(8)9;1-2/h6-7H,2-5H2,1H3;1-2H3. The molecule has 0 bridgehead atoms. The summed E-state index contributed by atoms with van der Waals surface area (Å²) in [5, 5.41) is 0. The average Bonchev–Trinajstić information content (AvgIpc) is 2.33. The van der Waals surface area contributed by atoms with Gasteiger partial charge in [-0.05, 0) is 13.5 Å². The molecule has 0 aromatic carbocycles. The van der Waals surface area contributed by atoms with E-state index in [1.54, 1.807) is 0 Å². The molecule has 1 heterocycles. The van der Waals surface area contributed by atoms with Crippen LogP contribution >= 0.6 is 0 Å². The van der Waals surface area contributed by atoms with Crippen molar-refractivity contribution in [1.29, 1.82) is 0 Å². The highest BCUT2D eigenvalue weighted by Crippen LogP contribution is 2.10. The summed E-state index contributed by atoms with van der Waals surface area (Å²) in [6.45, 7) is 5.65. The Morgan fingerprint density at radius 1 is 1.38 bits per heavy atom. The minimum Gasteiger partial charge on any atom is -0.371 e. The Morgan fingerprint density at radius 3 is 2.54 bits per heavy atom. The van der Waals surface area contributed by atoms with Gasteiger partial charge in [0.05, 0.1) is 0 Å². The summed E-state index contributed by atoms with van der Waals surface area (Å²) in [6, 6.07) is 0. The van der Waals surface area contributed by atoms with Crippen molar-refractivity contribution in [3.63, 3.8) is 0 Å². The van der Waals surface area contributed by atoms with E-state index in [4.69, 9.17) is 4.74 Å². The van der Waals surface area contributed by atoms with Crippen molar-refractivity contribution in [3.05, 3.63) is 0 Å². The second kappa shape index (κ2) is 7.21. The molecule has 0 amide bonds. The zero-order valence-corrected chi connectivity index (χ0v) is 8.59. The molecule has 0 radical (unpaired) electrons. The minimum atomic E-state index is -2.35. The Morgan fingerprint density at radius 2 is 2.00 bits per heavy atom. The number of rotatable bonds is 1. The van der Waals surface area contributed by atoms with Gasteiger partial charge in [-0.15, -0.1) is 0 Å². The van der Waals surface area contributed by atoms with Gasteiger partial charge >= 0.3 is 0 Å². The number of likely N-dealkylation sites (N-methyl/N-ethyl adjacent to an activating group) is 1. The predicted octanol–water partition coefficient (Wildman–Crippen LogP) is 2.00. The molecule has 1 saturated heterocycles. The van der Waals surface area contributed by atoms with E-state index in [0.29, 0.717) is 13.2 Å². The lowest BCUT2D eigenvalue weighted by Gasteiger charge is -2.18. The van der Waals surface area contributed by atoms with E-state index >= 15 is 0 Å². The van der Waals surface area contributed by atoms with Gasteiger partial charge in [0, 0.05) is 19.7 Å². The van der Waals surface area contributed by atoms with Crippen LogP contribution in [0.5, 0.6) is 0 Å². The summed E-state index contributed by atoms with van der Waals surface area (Å²) < 4.78 is 29.2. The largest absolute Gasteiger partial charge is 0.371 e. The van der Waals surface area contributed by atoms with E-state index in [1.807, 2.05) is 25.8 Å². The van der Waals surface area contributed by atoms with Crippen LogP contribution in [0.1, 0.15) is 20.3 Å². The van der Waals surface area contributed by atoms with Crippen LogP contribution in [-0.4, -0.2) is 44.2 Å². The van der Waals surface area contributed by atoms with Gasteiger partial charge in [-0.25, -0.2) is 8.78 Å². The molecule has 2 nitrogen and oxygen atoms in total. The van der Waals surface area contributed by atoms with E-state index in [2.05, 4.69) is 0 Å². The molecule has 1 rings (SSSR count). The molecule has 1 aliphatic rings. The molecular formula is C9H19F2NO. The van der Waals surface area contributed by atoms with Crippen LogP contribution in [-0.2, 0) is 4.74 Å². The molecule has 13 heavy (non-hydrogen) atoms. The Labute approximate surface area is 78.9 Å². The number of halogens is 2. The maximum absolute atomic E-state index is 12.1. The van der Waals surface area contributed by atoms with E-state index in [9.17, 15) is 8.78 Å². The van der Waals surface area contributed by atoms with Gasteiger partial charge in [-0.3, -0.25) is 0 Å². The fourth-order valence-electron chi connectivity index (χ4n) is 1.17. The molecule has 1 fully saturated rings. The molecule has 0 N–H and O–H groups in total. The third-order valence-corrected chi connectivity index (χ3v) is 1.79. The molecule has 1 atom stereocenters. The predicted molar refractivity (Wildman–Crippen MR) is 49.2 cm³/mol. The number of nitrogens with zero attached hydrogens (tertiary/aromatic N) is 1. The van der Waals surface area contributed by atoms with Crippen molar-refractivity contribution >= 4 is 0 Å². The Bertz CT molecular complexity index is 122. The molecule has 0 aromatic heterocycles. The first-order valence-electron chi connectivity index (χ1n) is 4.78. The molecule has 0 aliphatic carbocycles. The third-order valence-electron chi connectivity index (χ3n) is 1.79. The van der Waals surface area contributed by atoms with E-state index in [-0.39, 0.29) is 0 Å². The van der Waals surface area contributed by atoms with Gasteiger partial charge in [0.2, 0.25) is 0 Å². The fraction of sp³-hybridized carbons (Fsp3) is 1.00. The third kappa shape index (κ3) is 5.16. The summed E-state index contributed by atoms with van der Waals surface area (Å²) in [7, 11) is 1.84. The Hall–Kier alpha value is -0.220. The topological polar surface area (TPSA) is 12.5 Å². The summed E-state index contributed by atoms with van der Waals surface area (Å²) >= 11 is 0. The second-order valence-corrected chi connectivity index (χ2v) is 2.86. The van der Waals surface area contributed by atoms with Crippen molar-refractivity contribution in [3.8, 4) is 0 Å². The average molecular weight is 195 g/mol. The van der Waals surface area contributed by atoms with Crippen LogP contribution in [0.2, 0.25) is 0 Å². The summed E-state index contributed by atoms with van der Waals surface area (Å²) in [6.07, 6.45) is -2.39. The lowest BCUT2D eigenvalue weighted by molar-refractivity contribution is -0.0535. The lowest BCUT2D eigenvalue weighted by Crippen LogP contribution is -2.33. The molecular weight excluding hydrogens is 176 g/mol. The fourth-order valence-corrected chi connectivity index (χ4v) is 1.17. The van der Waals surface area contributed by atoms with E-state index in [1.165, 1.54) is 0 Å². The van der Waals surface area contributed by atoms with Gasteiger partial charge in [0.1, 0.15) is 6.10 Å². The highest BCUT2D eigenvalue weighted by atomic mass is 19.3. The highest BCUT2D eigenvalue weighted by molar-refractivity contribution is 4.68. The molecule has 0 saturated carbocycles. The van der Waals surface area contributed by atoms with Crippen molar-refractivity contribution in [2.45, 2.75) is 32.8 Å². The molecule has 1 aliphatic heterocycles. The molecule has 4 heteroatoms. The van der Waals surface area contributed by atoms with Gasteiger partial charge in [0.25, 0.3) is 6.43 Å². The number of alkyl halides is 2. The molecule has 0 aromatic rings. The van der Waals surface area contributed by atoms with Gasteiger partial charge in [0.15, 0.2) is 0 Å². The van der Waals surface area contributed by atoms with Gasteiger partial charge in [-0.1, -0.05) is 13.8 Å². The first-order chi connectivity index (χ1) is 6.20. The second-order valence-electron chi connectivity index (χ2n) is 2.86. The summed E-state index contributed by atoms with van der Waals surface area (Å²) in [5.41, 5.74) is 0. The maximum Gasteiger partial charge on any atom is 0.265 e. The van der Waals surface area contributed by atoms with Crippen LogP contribution < -0.4 is 0 Å². The van der Waals surface area contributed by atoms with Crippen LogP contribution in [0.25, 0.3) is 0 Å². The maximum atomic E-state index is 12.1. The highest BCUT2D eigenvalue weighted by Gasteiger charge is 2.24. The number of ether oxygens (including phenoxy) is 1. The van der Waals surface area contributed by atoms with Crippen molar-refractivity contribution < 1.29 is 13.5 Å². The van der Waals surface area contributed by atoms with Gasteiger partial charge < -0.3 is 9.64 Å². The number of hydrogen-bond acceptors (Lipinski definition) is 2. The van der Waals surface area contributed by atoms with Crippen molar-refractivity contribution in [2.75, 3.05) is 26.7 Å². The lowest BCUT2D eigenvalue weighted by atomic mass is 10.3. The van der Waals surface area contributed by atoms with Crippen LogP contribution in [0.3, 0.4) is 0 Å². The first kappa shape index (κ1) is 12.8. The SMILES string of the molecule is CC.CN1CCCOC(C(F)F)C1. The zero-order valence-electron chi connectivity index (χ0n) is 8.59. The van der Waals surface area contributed by atoms with E-state index in [0.717, 1.165) is 13.0 Å². The molecule has 80 valence electrons. The summed E-state index contributed by atoms with van der Waals surface area (Å²) in [4.78, 5) is 1.88. The monoisotopic (exact) mass is 195 g/mol. The molecule has 1 unspecified atom stereocenters. The van der Waals surface area contributed by atoms with Gasteiger partial charge in [-0.2, -0.15) is 0 Å². The Balaban J connectivity index is 0.000000671. The van der Waals surface area contributed by atoms with Crippen molar-refractivity contribution in [1.82, 2.24) is 4.90 Å². The first-order valence-corrected chi connectivity index (χ1v) is 4.78. The molecule has 0 spiro atoms. The normalized spacial score (nSPS) is 24.9. The van der Waals surface area contributed by atoms with E-state index < -0.39 is 12.5 Å². The van der Waals surface area contributed by atoms with Crippen LogP contribution in [0.15, 0.2) is 0 Å². The quantitative estimate of drug-likeness (QED) is 0.634. The smallest absolute Gasteiger partial charge is 0.265 e. The number of hydrogen-bond donors (Lipinski definition) is 0. The minimum absolute atomic E-state index is 0.345.